The summed E-state index contributed by atoms with van der Waals surface area (Å²) < 4.78 is 0. The number of rotatable bonds is 3. The third-order valence-electron chi connectivity index (χ3n) is 4.94. The Bertz CT molecular complexity index is 529. The van der Waals surface area contributed by atoms with Gasteiger partial charge in [0, 0.05) is 37.8 Å². The van der Waals surface area contributed by atoms with Crippen molar-refractivity contribution in [2.24, 2.45) is 5.73 Å². The van der Waals surface area contributed by atoms with Crippen LogP contribution in [0.2, 0.25) is 0 Å². The van der Waals surface area contributed by atoms with Gasteiger partial charge in [0.2, 0.25) is 0 Å². The van der Waals surface area contributed by atoms with Crippen molar-refractivity contribution in [3.8, 4) is 0 Å². The van der Waals surface area contributed by atoms with Crippen LogP contribution >= 0.6 is 12.2 Å². The van der Waals surface area contributed by atoms with Crippen molar-refractivity contribution in [3.05, 3.63) is 34.9 Å². The number of fused-ring (bicyclic) bond motifs is 1. The molecule has 4 heteroatoms. The molecule has 2 saturated heterocycles. The number of nitrogens with zero attached hydrogens (tertiary/aromatic N) is 2. The Morgan fingerprint density at radius 3 is 2.90 bits per heavy atom. The van der Waals surface area contributed by atoms with Crippen molar-refractivity contribution >= 4 is 17.2 Å². The summed E-state index contributed by atoms with van der Waals surface area (Å²) in [5.74, 6) is 0. The molecule has 2 heterocycles. The van der Waals surface area contributed by atoms with Crippen LogP contribution in [-0.4, -0.2) is 47.0 Å². The van der Waals surface area contributed by atoms with Gasteiger partial charge in [-0.05, 0) is 43.5 Å². The smallest absolute Gasteiger partial charge is 0.103 e. The normalized spacial score (nSPS) is 23.8. The lowest BCUT2D eigenvalue weighted by atomic mass is 9.98. The number of piperazine rings is 1. The maximum absolute atomic E-state index is 5.71. The first-order valence-electron chi connectivity index (χ1n) is 7.99. The van der Waals surface area contributed by atoms with E-state index in [1.807, 2.05) is 0 Å². The summed E-state index contributed by atoms with van der Waals surface area (Å²) in [6.45, 7) is 8.15. The number of thiocarbonyl (C=S) groups is 1. The molecule has 0 amide bonds. The topological polar surface area (TPSA) is 32.5 Å². The molecule has 0 aliphatic carbocycles. The largest absolute Gasteiger partial charge is 0.389 e. The van der Waals surface area contributed by atoms with Gasteiger partial charge >= 0.3 is 0 Å². The fourth-order valence-electron chi connectivity index (χ4n) is 3.63. The van der Waals surface area contributed by atoms with Crippen LogP contribution in [0.25, 0.3) is 0 Å². The summed E-state index contributed by atoms with van der Waals surface area (Å²) in [5.41, 5.74) is 9.38. The lowest BCUT2D eigenvalue weighted by molar-refractivity contribution is 0.0456. The quantitative estimate of drug-likeness (QED) is 0.869. The number of benzene rings is 1. The Labute approximate surface area is 133 Å². The van der Waals surface area contributed by atoms with Gasteiger partial charge in [-0.25, -0.2) is 0 Å². The highest BCUT2D eigenvalue weighted by Crippen LogP contribution is 2.23. The molecule has 2 aliphatic heterocycles. The lowest BCUT2D eigenvalue weighted by Crippen LogP contribution is -2.54. The minimum atomic E-state index is 0.487. The van der Waals surface area contributed by atoms with E-state index in [1.54, 1.807) is 0 Å². The maximum Gasteiger partial charge on any atom is 0.103 e. The average Bonchev–Trinajstić information content (AvgIpc) is 2.49. The zero-order chi connectivity index (χ0) is 14.8. The zero-order valence-corrected chi connectivity index (χ0v) is 13.7. The monoisotopic (exact) mass is 303 g/mol. The molecule has 2 N–H and O–H groups in total. The molecule has 1 atom stereocenters. The first-order valence-corrected chi connectivity index (χ1v) is 8.40. The van der Waals surface area contributed by atoms with Crippen molar-refractivity contribution in [1.29, 1.82) is 0 Å². The van der Waals surface area contributed by atoms with Crippen LogP contribution in [0.5, 0.6) is 0 Å². The summed E-state index contributed by atoms with van der Waals surface area (Å²) in [6, 6.07) is 7.15. The minimum absolute atomic E-state index is 0.487. The van der Waals surface area contributed by atoms with E-state index in [4.69, 9.17) is 18.0 Å². The Hall–Kier alpha value is -0.970. The third kappa shape index (κ3) is 3.44. The van der Waals surface area contributed by atoms with Crippen LogP contribution in [0.4, 0.5) is 0 Å². The molecule has 0 saturated carbocycles. The SMILES string of the molecule is Cc1cc(C(N)=S)ccc1CN1CCN2CCCCC2C1. The van der Waals surface area contributed by atoms with E-state index in [1.165, 1.54) is 56.6 Å². The van der Waals surface area contributed by atoms with Gasteiger partial charge in [-0.1, -0.05) is 30.8 Å². The van der Waals surface area contributed by atoms with Crippen LogP contribution in [0.15, 0.2) is 18.2 Å². The molecule has 3 rings (SSSR count). The Morgan fingerprint density at radius 2 is 2.14 bits per heavy atom. The summed E-state index contributed by atoms with van der Waals surface area (Å²) >= 11 is 5.05. The second-order valence-corrected chi connectivity index (χ2v) is 6.87. The van der Waals surface area contributed by atoms with Crippen LogP contribution in [0.1, 0.15) is 36.0 Å². The third-order valence-corrected chi connectivity index (χ3v) is 5.18. The zero-order valence-electron chi connectivity index (χ0n) is 12.8. The van der Waals surface area contributed by atoms with Crippen LogP contribution in [-0.2, 0) is 6.54 Å². The number of nitrogens with two attached hydrogens (primary N) is 1. The molecule has 0 bridgehead atoms. The lowest BCUT2D eigenvalue weighted by Gasteiger charge is -2.44. The number of hydrogen-bond acceptors (Lipinski definition) is 3. The molecule has 114 valence electrons. The fraction of sp³-hybridized carbons (Fsp3) is 0.588. The Kier molecular flexibility index (Phi) is 4.57. The molecular weight excluding hydrogens is 278 g/mol. The Morgan fingerprint density at radius 1 is 1.29 bits per heavy atom. The average molecular weight is 303 g/mol. The van der Waals surface area contributed by atoms with E-state index in [9.17, 15) is 0 Å². The van der Waals surface area contributed by atoms with E-state index in [2.05, 4.69) is 34.9 Å². The summed E-state index contributed by atoms with van der Waals surface area (Å²) in [6.07, 6.45) is 4.16. The van der Waals surface area contributed by atoms with Gasteiger partial charge in [0.1, 0.15) is 4.99 Å². The number of hydrogen-bond donors (Lipinski definition) is 1. The van der Waals surface area contributed by atoms with Gasteiger partial charge < -0.3 is 5.73 Å². The first kappa shape index (κ1) is 14.9. The minimum Gasteiger partial charge on any atom is -0.389 e. The maximum atomic E-state index is 5.71. The van der Waals surface area contributed by atoms with Crippen LogP contribution in [0.3, 0.4) is 0 Å². The molecule has 3 nitrogen and oxygen atoms in total. The predicted molar refractivity (Wildman–Crippen MR) is 91.6 cm³/mol. The standard InChI is InChI=1S/C17H25N3S/c1-13-10-14(17(18)21)5-6-15(13)11-19-8-9-20-7-3-2-4-16(20)12-19/h5-6,10,16H,2-4,7-9,11-12H2,1H3,(H2,18,21). The van der Waals surface area contributed by atoms with E-state index in [0.29, 0.717) is 4.99 Å². The number of piperidine rings is 1. The van der Waals surface area contributed by atoms with E-state index >= 15 is 0 Å². The summed E-state index contributed by atoms with van der Waals surface area (Å²) in [4.78, 5) is 5.78. The van der Waals surface area contributed by atoms with Gasteiger partial charge in [0.15, 0.2) is 0 Å². The number of aryl methyl sites for hydroxylation is 1. The van der Waals surface area contributed by atoms with Gasteiger partial charge in [-0.3, -0.25) is 9.80 Å². The van der Waals surface area contributed by atoms with E-state index in [-0.39, 0.29) is 0 Å². The second-order valence-electron chi connectivity index (χ2n) is 6.43. The molecule has 0 aromatic heterocycles. The summed E-state index contributed by atoms with van der Waals surface area (Å²) in [7, 11) is 0. The van der Waals surface area contributed by atoms with Crippen molar-refractivity contribution in [2.75, 3.05) is 26.2 Å². The van der Waals surface area contributed by atoms with Gasteiger partial charge in [0.05, 0.1) is 0 Å². The molecule has 21 heavy (non-hydrogen) atoms. The van der Waals surface area contributed by atoms with E-state index in [0.717, 1.165) is 18.2 Å². The molecule has 1 unspecified atom stereocenters. The van der Waals surface area contributed by atoms with Crippen molar-refractivity contribution in [3.63, 3.8) is 0 Å². The Balaban J connectivity index is 1.65. The molecule has 0 radical (unpaired) electrons. The van der Waals surface area contributed by atoms with Crippen molar-refractivity contribution in [1.82, 2.24) is 9.80 Å². The highest BCUT2D eigenvalue weighted by molar-refractivity contribution is 7.80. The summed E-state index contributed by atoms with van der Waals surface area (Å²) in [5, 5.41) is 0. The van der Waals surface area contributed by atoms with Gasteiger partial charge in [-0.15, -0.1) is 0 Å². The molecular formula is C17H25N3S. The molecule has 1 aromatic rings. The van der Waals surface area contributed by atoms with Crippen molar-refractivity contribution < 1.29 is 0 Å². The molecule has 2 fully saturated rings. The predicted octanol–water partition coefficient (Wildman–Crippen LogP) is 2.30. The second kappa shape index (κ2) is 6.42. The molecule has 0 spiro atoms. The van der Waals surface area contributed by atoms with Crippen molar-refractivity contribution in [2.45, 2.75) is 38.8 Å². The van der Waals surface area contributed by atoms with E-state index < -0.39 is 0 Å². The molecule has 1 aromatic carbocycles. The van der Waals surface area contributed by atoms with Gasteiger partial charge in [-0.2, -0.15) is 0 Å². The highest BCUT2D eigenvalue weighted by atomic mass is 32.1. The van der Waals surface area contributed by atoms with Gasteiger partial charge in [0.25, 0.3) is 0 Å². The molecule has 2 aliphatic rings. The first-order chi connectivity index (χ1) is 10.1. The highest BCUT2D eigenvalue weighted by Gasteiger charge is 2.28. The van der Waals surface area contributed by atoms with Crippen LogP contribution < -0.4 is 5.73 Å². The van der Waals surface area contributed by atoms with Crippen LogP contribution in [0, 0.1) is 6.92 Å². The fourth-order valence-corrected chi connectivity index (χ4v) is 3.76.